The first-order chi connectivity index (χ1) is 9.12. The fourth-order valence-corrected chi connectivity index (χ4v) is 3.33. The Balaban J connectivity index is 3.06. The first-order valence-electron chi connectivity index (χ1n) is 5.77. The summed E-state index contributed by atoms with van der Waals surface area (Å²) in [5.41, 5.74) is 1.39. The number of halogens is 1. The Morgan fingerprint density at radius 2 is 1.90 bits per heavy atom. The predicted octanol–water partition coefficient (Wildman–Crippen LogP) is 1.34. The number of aryl methyl sites for hydroxylation is 2. The monoisotopic (exact) mass is 337 g/mol. The summed E-state index contributed by atoms with van der Waals surface area (Å²) in [4.78, 5) is 11.9. The van der Waals surface area contributed by atoms with E-state index in [4.69, 9.17) is 10.7 Å². The smallest absolute Gasteiger partial charge is 0.261 e. The minimum atomic E-state index is -3.90. The number of hydrogen-bond donors (Lipinski definition) is 1. The van der Waals surface area contributed by atoms with Crippen LogP contribution in [0.4, 0.5) is 0 Å². The second-order valence-electron chi connectivity index (χ2n) is 4.40. The van der Waals surface area contributed by atoms with Gasteiger partial charge in [0.15, 0.2) is 0 Å². The van der Waals surface area contributed by atoms with E-state index in [1.165, 1.54) is 6.07 Å². The van der Waals surface area contributed by atoms with Gasteiger partial charge in [0.05, 0.1) is 4.90 Å². The van der Waals surface area contributed by atoms with Crippen LogP contribution in [0.15, 0.2) is 17.0 Å². The quantitative estimate of drug-likeness (QED) is 0.822. The first-order valence-corrected chi connectivity index (χ1v) is 9.80. The molecule has 8 heteroatoms. The molecule has 1 aromatic rings. The van der Waals surface area contributed by atoms with E-state index in [0.29, 0.717) is 16.9 Å². The summed E-state index contributed by atoms with van der Waals surface area (Å²) in [7, 11) is 0.445. The van der Waals surface area contributed by atoms with E-state index in [9.17, 15) is 17.4 Å². The third-order valence-electron chi connectivity index (χ3n) is 2.70. The molecule has 0 fully saturated rings. The Kier molecular flexibility index (Phi) is 5.73. The Bertz CT molecular complexity index is 656. The Labute approximate surface area is 125 Å². The number of rotatable bonds is 5. The van der Waals surface area contributed by atoms with Gasteiger partial charge in [-0.1, -0.05) is 6.07 Å². The van der Waals surface area contributed by atoms with Crippen LogP contribution in [0.3, 0.4) is 0 Å². The van der Waals surface area contributed by atoms with E-state index in [2.05, 4.69) is 5.32 Å². The molecular weight excluding hydrogens is 322 g/mol. The second kappa shape index (κ2) is 6.69. The van der Waals surface area contributed by atoms with Crippen molar-refractivity contribution in [3.63, 3.8) is 0 Å². The topological polar surface area (TPSA) is 80.3 Å². The highest BCUT2D eigenvalue weighted by Crippen LogP contribution is 2.23. The lowest BCUT2D eigenvalue weighted by Crippen LogP contribution is -2.28. The van der Waals surface area contributed by atoms with E-state index in [1.54, 1.807) is 26.2 Å². The summed E-state index contributed by atoms with van der Waals surface area (Å²) in [5, 5.41) is 2.60. The lowest BCUT2D eigenvalue weighted by Gasteiger charge is -2.10. The molecule has 0 aliphatic carbocycles. The highest BCUT2D eigenvalue weighted by Gasteiger charge is 2.18. The average Bonchev–Trinajstić information content (AvgIpc) is 2.26. The summed E-state index contributed by atoms with van der Waals surface area (Å²) >= 11 is 0. The van der Waals surface area contributed by atoms with E-state index < -0.39 is 25.8 Å². The number of carbonyl (C=O) groups excluding carboxylic acids is 1. The minimum absolute atomic E-state index is 0.0750. The first kappa shape index (κ1) is 17.1. The van der Waals surface area contributed by atoms with Crippen molar-refractivity contribution in [3.8, 4) is 0 Å². The molecule has 1 rings (SSSR count). The zero-order valence-corrected chi connectivity index (χ0v) is 13.8. The van der Waals surface area contributed by atoms with Crippen LogP contribution in [0.5, 0.6) is 0 Å². The molecule has 1 N–H and O–H groups in total. The molecule has 1 unspecified atom stereocenters. The van der Waals surface area contributed by atoms with Crippen molar-refractivity contribution in [2.24, 2.45) is 0 Å². The standard InChI is InChI=1S/C12H16ClNO4S2/c1-8-6-9(2)11(20(13,17)18)7-10(8)12(15)14-4-5-19(3)16/h6-7H,4-5H2,1-3H3,(H,14,15). The molecule has 20 heavy (non-hydrogen) atoms. The van der Waals surface area contributed by atoms with Gasteiger partial charge in [-0.05, 0) is 31.0 Å². The molecule has 0 heterocycles. The second-order valence-corrected chi connectivity index (χ2v) is 8.49. The fraction of sp³-hybridized carbons (Fsp3) is 0.417. The summed E-state index contributed by atoms with van der Waals surface area (Å²) in [5.74, 6) is -0.0633. The molecule has 0 aliphatic rings. The largest absolute Gasteiger partial charge is 0.351 e. The normalized spacial score (nSPS) is 13.0. The molecule has 0 saturated heterocycles. The Morgan fingerprint density at radius 1 is 1.30 bits per heavy atom. The molecule has 1 amide bonds. The maximum absolute atomic E-state index is 12.0. The van der Waals surface area contributed by atoms with Crippen LogP contribution in [0.2, 0.25) is 0 Å². The van der Waals surface area contributed by atoms with Gasteiger partial charge < -0.3 is 5.32 Å². The summed E-state index contributed by atoms with van der Waals surface area (Å²) in [6.07, 6.45) is 1.54. The van der Waals surface area contributed by atoms with E-state index >= 15 is 0 Å². The van der Waals surface area contributed by atoms with Crippen LogP contribution in [0.25, 0.3) is 0 Å². The van der Waals surface area contributed by atoms with Crippen molar-refractivity contribution in [1.82, 2.24) is 5.32 Å². The van der Waals surface area contributed by atoms with Crippen molar-refractivity contribution >= 4 is 36.4 Å². The summed E-state index contributed by atoms with van der Waals surface area (Å²) in [6.45, 7) is 3.59. The minimum Gasteiger partial charge on any atom is -0.351 e. The molecule has 112 valence electrons. The van der Waals surface area contributed by atoms with Crippen LogP contribution in [-0.2, 0) is 19.9 Å². The van der Waals surface area contributed by atoms with Crippen molar-refractivity contribution in [3.05, 3.63) is 28.8 Å². The molecule has 5 nitrogen and oxygen atoms in total. The maximum Gasteiger partial charge on any atom is 0.261 e. The molecule has 0 aromatic heterocycles. The molecule has 0 radical (unpaired) electrons. The number of hydrogen-bond acceptors (Lipinski definition) is 4. The Hall–Kier alpha value is -0.920. The lowest BCUT2D eigenvalue weighted by atomic mass is 10.1. The van der Waals surface area contributed by atoms with E-state index in [0.717, 1.165) is 0 Å². The number of amides is 1. The number of carbonyl (C=O) groups is 1. The van der Waals surface area contributed by atoms with Crippen LogP contribution >= 0.6 is 10.7 Å². The molecule has 0 saturated carbocycles. The van der Waals surface area contributed by atoms with Crippen LogP contribution in [0.1, 0.15) is 21.5 Å². The van der Waals surface area contributed by atoms with Gasteiger partial charge in [0, 0.05) is 45.6 Å². The highest BCUT2D eigenvalue weighted by molar-refractivity contribution is 8.13. The summed E-state index contributed by atoms with van der Waals surface area (Å²) in [6, 6.07) is 2.87. The molecule has 0 aliphatic heterocycles. The molecule has 0 spiro atoms. The van der Waals surface area contributed by atoms with Gasteiger partial charge in [-0.2, -0.15) is 0 Å². The Morgan fingerprint density at radius 3 is 2.40 bits per heavy atom. The van der Waals surface area contributed by atoms with Crippen molar-refractivity contribution in [2.75, 3.05) is 18.6 Å². The van der Waals surface area contributed by atoms with Gasteiger partial charge in [0.25, 0.3) is 15.0 Å². The number of benzene rings is 1. The van der Waals surface area contributed by atoms with Crippen molar-refractivity contribution in [2.45, 2.75) is 18.7 Å². The van der Waals surface area contributed by atoms with E-state index in [1.807, 2.05) is 0 Å². The van der Waals surface area contributed by atoms with E-state index in [-0.39, 0.29) is 17.0 Å². The zero-order chi connectivity index (χ0) is 15.5. The van der Waals surface area contributed by atoms with Gasteiger partial charge >= 0.3 is 0 Å². The van der Waals surface area contributed by atoms with Gasteiger partial charge in [-0.15, -0.1) is 0 Å². The third-order valence-corrected chi connectivity index (χ3v) is 4.95. The average molecular weight is 338 g/mol. The maximum atomic E-state index is 12.0. The molecule has 1 atom stereocenters. The van der Waals surface area contributed by atoms with Crippen molar-refractivity contribution in [1.29, 1.82) is 0 Å². The van der Waals surface area contributed by atoms with Crippen LogP contribution < -0.4 is 5.32 Å². The predicted molar refractivity (Wildman–Crippen MR) is 80.2 cm³/mol. The fourth-order valence-electron chi connectivity index (χ4n) is 1.74. The van der Waals surface area contributed by atoms with Crippen LogP contribution in [-0.4, -0.2) is 37.1 Å². The van der Waals surface area contributed by atoms with Gasteiger partial charge in [0.1, 0.15) is 0 Å². The third kappa shape index (κ3) is 4.57. The van der Waals surface area contributed by atoms with Crippen LogP contribution in [0, 0.1) is 13.8 Å². The molecule has 1 aromatic carbocycles. The summed E-state index contributed by atoms with van der Waals surface area (Å²) < 4.78 is 33.8. The number of nitrogens with one attached hydrogen (secondary N) is 1. The van der Waals surface area contributed by atoms with Gasteiger partial charge in [-0.25, -0.2) is 8.42 Å². The molecule has 0 bridgehead atoms. The SMILES string of the molecule is Cc1cc(C)c(S(=O)(=O)Cl)cc1C(=O)NCCS(C)=O. The van der Waals surface area contributed by atoms with Gasteiger partial charge in [-0.3, -0.25) is 9.00 Å². The zero-order valence-electron chi connectivity index (χ0n) is 11.4. The lowest BCUT2D eigenvalue weighted by molar-refractivity contribution is 0.0955. The van der Waals surface area contributed by atoms with Gasteiger partial charge in [0.2, 0.25) is 0 Å². The van der Waals surface area contributed by atoms with Crippen molar-refractivity contribution < 1.29 is 17.4 Å². The molecular formula is C12H16ClNO4S2. The highest BCUT2D eigenvalue weighted by atomic mass is 35.7.